The molecule has 0 amide bonds. The summed E-state index contributed by atoms with van der Waals surface area (Å²) < 4.78 is 30.6. The number of hydrogen-bond acceptors (Lipinski definition) is 6. The van der Waals surface area contributed by atoms with Crippen LogP contribution < -0.4 is 9.57 Å². The smallest absolute Gasteiger partial charge is 0.276 e. The topological polar surface area (TPSA) is 111 Å². The number of nitrogens with zero attached hydrogens (tertiary/aromatic N) is 2. The van der Waals surface area contributed by atoms with E-state index < -0.39 is 14.9 Å². The van der Waals surface area contributed by atoms with Crippen LogP contribution in [0.15, 0.2) is 56.9 Å². The van der Waals surface area contributed by atoms with Crippen LogP contribution in [0, 0.1) is 10.1 Å². The first-order valence-electron chi connectivity index (χ1n) is 7.44. The second kappa shape index (κ2) is 8.28. The number of rotatable bonds is 7. The van der Waals surface area contributed by atoms with Gasteiger partial charge < -0.3 is 4.74 Å². The first-order valence-corrected chi connectivity index (χ1v) is 9.72. The van der Waals surface area contributed by atoms with Crippen LogP contribution >= 0.6 is 15.9 Å². The quantitative estimate of drug-likeness (QED) is 0.401. The number of hydrazone groups is 1. The van der Waals surface area contributed by atoms with Gasteiger partial charge in [0.25, 0.3) is 15.7 Å². The van der Waals surface area contributed by atoms with Gasteiger partial charge in [0.15, 0.2) is 0 Å². The van der Waals surface area contributed by atoms with Crippen LogP contribution in [0.3, 0.4) is 0 Å². The van der Waals surface area contributed by atoms with Crippen LogP contribution in [-0.4, -0.2) is 25.7 Å². The van der Waals surface area contributed by atoms with E-state index >= 15 is 0 Å². The molecule has 0 saturated carbocycles. The molecular formula is C16H16BrN3O5S. The van der Waals surface area contributed by atoms with Gasteiger partial charge in [0.1, 0.15) is 5.75 Å². The molecule has 8 nitrogen and oxygen atoms in total. The number of sulfonamides is 1. The molecule has 1 N–H and O–H groups in total. The molecule has 0 aliphatic heterocycles. The molecule has 2 aromatic carbocycles. The second-order valence-electron chi connectivity index (χ2n) is 5.46. The van der Waals surface area contributed by atoms with E-state index in [2.05, 4.69) is 21.0 Å². The number of benzene rings is 2. The molecule has 0 aromatic heterocycles. The number of nitrogens with one attached hydrogen (secondary N) is 1. The zero-order chi connectivity index (χ0) is 19.3. The number of nitro groups is 1. The SMILES string of the molecule is CC(C)Oc1ccc(/C=N/NS(=O)(=O)c2cccc([N+](=O)[O-])c2)cc1Br. The molecule has 0 fully saturated rings. The normalized spacial score (nSPS) is 11.7. The predicted octanol–water partition coefficient (Wildman–Crippen LogP) is 3.46. The van der Waals surface area contributed by atoms with Gasteiger partial charge >= 0.3 is 0 Å². The largest absolute Gasteiger partial charge is 0.490 e. The maximum absolute atomic E-state index is 12.2. The van der Waals surface area contributed by atoms with Crippen LogP contribution in [0.2, 0.25) is 0 Å². The Bertz CT molecular complexity index is 945. The Labute approximate surface area is 159 Å². The van der Waals surface area contributed by atoms with Crippen molar-refractivity contribution in [3.05, 3.63) is 62.6 Å². The van der Waals surface area contributed by atoms with Gasteiger partial charge in [-0.05, 0) is 59.6 Å². The molecule has 0 radical (unpaired) electrons. The summed E-state index contributed by atoms with van der Waals surface area (Å²) in [7, 11) is -4.01. The third-order valence-electron chi connectivity index (χ3n) is 3.04. The third-order valence-corrected chi connectivity index (χ3v) is 4.88. The van der Waals surface area contributed by atoms with E-state index in [1.54, 1.807) is 18.2 Å². The fourth-order valence-corrected chi connectivity index (χ4v) is 3.25. The van der Waals surface area contributed by atoms with Crippen molar-refractivity contribution in [2.75, 3.05) is 0 Å². The summed E-state index contributed by atoms with van der Waals surface area (Å²) in [6.45, 7) is 3.81. The van der Waals surface area contributed by atoms with Gasteiger partial charge in [-0.2, -0.15) is 13.5 Å². The van der Waals surface area contributed by atoms with Crippen molar-refractivity contribution in [3.8, 4) is 5.75 Å². The minimum atomic E-state index is -4.01. The fraction of sp³-hybridized carbons (Fsp3) is 0.188. The molecule has 2 aromatic rings. The summed E-state index contributed by atoms with van der Waals surface area (Å²) in [6.07, 6.45) is 1.34. The maximum atomic E-state index is 12.2. The van der Waals surface area contributed by atoms with Crippen LogP contribution in [0.25, 0.3) is 0 Å². The highest BCUT2D eigenvalue weighted by Gasteiger charge is 2.16. The number of halogens is 1. The lowest BCUT2D eigenvalue weighted by atomic mass is 10.2. The highest BCUT2D eigenvalue weighted by molar-refractivity contribution is 9.10. The van der Waals surface area contributed by atoms with Gasteiger partial charge in [0.05, 0.1) is 26.6 Å². The maximum Gasteiger partial charge on any atom is 0.276 e. The van der Waals surface area contributed by atoms with E-state index in [1.807, 2.05) is 18.7 Å². The molecule has 26 heavy (non-hydrogen) atoms. The summed E-state index contributed by atoms with van der Waals surface area (Å²) in [4.78, 5) is 11.9. The Morgan fingerprint density at radius 2 is 2.00 bits per heavy atom. The predicted molar refractivity (Wildman–Crippen MR) is 101 cm³/mol. The van der Waals surface area contributed by atoms with Gasteiger partial charge in [-0.15, -0.1) is 0 Å². The first kappa shape index (κ1) is 19.9. The van der Waals surface area contributed by atoms with Gasteiger partial charge in [-0.1, -0.05) is 6.07 Å². The summed E-state index contributed by atoms with van der Waals surface area (Å²) in [5.74, 6) is 0.661. The number of non-ortho nitro benzene ring substituents is 1. The zero-order valence-corrected chi connectivity index (χ0v) is 16.3. The molecule has 10 heteroatoms. The van der Waals surface area contributed by atoms with Crippen molar-refractivity contribution in [2.24, 2.45) is 5.10 Å². The monoisotopic (exact) mass is 441 g/mol. The van der Waals surface area contributed by atoms with Crippen LogP contribution in [0.4, 0.5) is 5.69 Å². The Hall–Kier alpha value is -2.46. The number of ether oxygens (including phenoxy) is 1. The zero-order valence-electron chi connectivity index (χ0n) is 13.9. The van der Waals surface area contributed by atoms with Crippen molar-refractivity contribution in [1.29, 1.82) is 0 Å². The Kier molecular flexibility index (Phi) is 6.32. The van der Waals surface area contributed by atoms with Crippen molar-refractivity contribution < 1.29 is 18.1 Å². The minimum absolute atomic E-state index is 0.0209. The average molecular weight is 442 g/mol. The van der Waals surface area contributed by atoms with Crippen LogP contribution in [-0.2, 0) is 10.0 Å². The minimum Gasteiger partial charge on any atom is -0.490 e. The molecule has 0 bridgehead atoms. The molecule has 0 unspecified atom stereocenters. The summed E-state index contributed by atoms with van der Waals surface area (Å²) in [5.41, 5.74) is 0.316. The second-order valence-corrected chi connectivity index (χ2v) is 7.98. The van der Waals surface area contributed by atoms with Crippen LogP contribution in [0.1, 0.15) is 19.4 Å². The van der Waals surface area contributed by atoms with E-state index in [4.69, 9.17) is 4.74 Å². The molecule has 0 heterocycles. The van der Waals surface area contributed by atoms with E-state index in [0.717, 1.165) is 6.07 Å². The van der Waals surface area contributed by atoms with Crippen molar-refractivity contribution in [1.82, 2.24) is 4.83 Å². The molecule has 138 valence electrons. The third kappa shape index (κ3) is 5.27. The Balaban J connectivity index is 2.13. The number of nitro benzene ring substituents is 1. The van der Waals surface area contributed by atoms with Gasteiger partial charge in [0, 0.05) is 12.1 Å². The highest BCUT2D eigenvalue weighted by atomic mass is 79.9. The van der Waals surface area contributed by atoms with E-state index in [-0.39, 0.29) is 16.7 Å². The molecule has 0 spiro atoms. The standard InChI is InChI=1S/C16H16BrN3O5S/c1-11(2)25-16-7-6-12(8-15(16)17)10-18-19-26(23,24)14-5-3-4-13(9-14)20(21)22/h3-11,19H,1-2H3/b18-10+. The van der Waals surface area contributed by atoms with Crippen molar-refractivity contribution in [2.45, 2.75) is 24.8 Å². The van der Waals surface area contributed by atoms with Gasteiger partial charge in [0.2, 0.25) is 0 Å². The summed E-state index contributed by atoms with van der Waals surface area (Å²) in [6, 6.07) is 9.89. The van der Waals surface area contributed by atoms with E-state index in [1.165, 1.54) is 24.4 Å². The fourth-order valence-electron chi connectivity index (χ4n) is 1.93. The lowest BCUT2D eigenvalue weighted by Crippen LogP contribution is -2.18. The average Bonchev–Trinajstić information content (AvgIpc) is 2.57. The summed E-state index contributed by atoms with van der Waals surface area (Å²) in [5, 5.41) is 14.5. The number of hydrogen-bond donors (Lipinski definition) is 1. The molecule has 2 rings (SSSR count). The van der Waals surface area contributed by atoms with Crippen molar-refractivity contribution >= 4 is 37.9 Å². The molecule has 0 aliphatic rings. The molecule has 0 aliphatic carbocycles. The first-order chi connectivity index (χ1) is 12.2. The Morgan fingerprint density at radius 1 is 1.27 bits per heavy atom. The van der Waals surface area contributed by atoms with Crippen molar-refractivity contribution in [3.63, 3.8) is 0 Å². The molecule has 0 atom stereocenters. The molecular weight excluding hydrogens is 426 g/mol. The van der Waals surface area contributed by atoms with E-state index in [0.29, 0.717) is 15.8 Å². The van der Waals surface area contributed by atoms with Crippen LogP contribution in [0.5, 0.6) is 5.75 Å². The van der Waals surface area contributed by atoms with E-state index in [9.17, 15) is 18.5 Å². The van der Waals surface area contributed by atoms with Gasteiger partial charge in [-0.25, -0.2) is 4.83 Å². The highest BCUT2D eigenvalue weighted by Crippen LogP contribution is 2.26. The van der Waals surface area contributed by atoms with Gasteiger partial charge in [-0.3, -0.25) is 10.1 Å². The summed E-state index contributed by atoms with van der Waals surface area (Å²) >= 11 is 3.38. The molecule has 0 saturated heterocycles. The lowest BCUT2D eigenvalue weighted by Gasteiger charge is -2.11. The Morgan fingerprint density at radius 3 is 2.62 bits per heavy atom. The lowest BCUT2D eigenvalue weighted by molar-refractivity contribution is -0.385.